The van der Waals surface area contributed by atoms with Gasteiger partial charge in [-0.25, -0.2) is 4.68 Å². The average molecular weight is 388 g/mol. The van der Waals surface area contributed by atoms with E-state index in [0.29, 0.717) is 26.7 Å². The summed E-state index contributed by atoms with van der Waals surface area (Å²) < 4.78 is 1.42. The van der Waals surface area contributed by atoms with Crippen molar-refractivity contribution >= 4 is 46.6 Å². The fourth-order valence-electron chi connectivity index (χ4n) is 1.91. The molecule has 3 N–H and O–H groups in total. The molecule has 0 spiro atoms. The fraction of sp³-hybridized carbons (Fsp3) is 0.400. The van der Waals surface area contributed by atoms with Crippen LogP contribution in [0, 0.1) is 0 Å². The summed E-state index contributed by atoms with van der Waals surface area (Å²) in [6.45, 7) is 7.73. The first-order chi connectivity index (χ1) is 11.1. The number of hydrogen-bond acceptors (Lipinski definition) is 5. The quantitative estimate of drug-likeness (QED) is 0.616. The van der Waals surface area contributed by atoms with Gasteiger partial charge >= 0.3 is 0 Å². The minimum atomic E-state index is -0.445. The maximum Gasteiger partial charge on any atom is 0.237 e. The molecule has 0 aliphatic heterocycles. The summed E-state index contributed by atoms with van der Waals surface area (Å²) >= 11 is 13.2. The molecule has 1 atom stereocenters. The van der Waals surface area contributed by atoms with Crippen molar-refractivity contribution in [1.82, 2.24) is 14.9 Å². The molecule has 1 heterocycles. The molecule has 0 aliphatic carbocycles. The van der Waals surface area contributed by atoms with E-state index in [1.165, 1.54) is 16.4 Å². The molecule has 0 unspecified atom stereocenters. The van der Waals surface area contributed by atoms with Crippen LogP contribution >= 0.6 is 35.0 Å². The fourth-order valence-corrected chi connectivity index (χ4v) is 3.02. The van der Waals surface area contributed by atoms with E-state index in [1.807, 2.05) is 20.8 Å². The Kier molecular flexibility index (Phi) is 5.67. The predicted molar refractivity (Wildman–Crippen MR) is 99.3 cm³/mol. The van der Waals surface area contributed by atoms with Crippen LogP contribution in [0.15, 0.2) is 23.4 Å². The van der Waals surface area contributed by atoms with Gasteiger partial charge in [0.05, 0.1) is 16.0 Å². The number of nitrogens with zero attached hydrogens (tertiary/aromatic N) is 3. The highest BCUT2D eigenvalue weighted by molar-refractivity contribution is 8.00. The Bertz CT molecular complexity index is 757. The maximum absolute atomic E-state index is 12.4. The van der Waals surface area contributed by atoms with Gasteiger partial charge in [0, 0.05) is 10.4 Å². The topological polar surface area (TPSA) is 85.8 Å². The van der Waals surface area contributed by atoms with Crippen LogP contribution in [0.2, 0.25) is 10.0 Å². The molecule has 2 rings (SSSR count). The Morgan fingerprint density at radius 2 is 2.00 bits per heavy atom. The average Bonchev–Trinajstić information content (AvgIpc) is 2.84. The van der Waals surface area contributed by atoms with E-state index in [0.717, 1.165) is 0 Å². The number of anilines is 1. The highest BCUT2D eigenvalue weighted by Crippen LogP contribution is 2.28. The van der Waals surface area contributed by atoms with E-state index < -0.39 is 5.25 Å². The van der Waals surface area contributed by atoms with Gasteiger partial charge in [0.25, 0.3) is 0 Å². The number of nitrogens with two attached hydrogens (primary N) is 1. The largest absolute Gasteiger partial charge is 0.336 e. The number of halogens is 2. The van der Waals surface area contributed by atoms with E-state index in [-0.39, 0.29) is 11.3 Å². The first kappa shape index (κ1) is 18.9. The van der Waals surface area contributed by atoms with Crippen LogP contribution in [0.25, 0.3) is 0 Å². The lowest BCUT2D eigenvalue weighted by Crippen LogP contribution is -2.26. The molecule has 9 heteroatoms. The molecule has 0 radical (unpaired) electrons. The number of thioether (sulfide) groups is 1. The zero-order valence-corrected chi connectivity index (χ0v) is 16.1. The third-order valence-corrected chi connectivity index (χ3v) is 4.79. The van der Waals surface area contributed by atoms with Crippen molar-refractivity contribution in [3.63, 3.8) is 0 Å². The number of carbonyl (C=O) groups excluding carboxylic acids is 1. The standard InChI is InChI=1S/C15H19Cl2N5OS/c1-8(12(23)19-11-7-9(16)5-6-10(11)17)24-14-21-20-13(22(14)18)15(2,3)4/h5-8H,18H2,1-4H3,(H,19,23)/t8-/m1/s1. The summed E-state index contributed by atoms with van der Waals surface area (Å²) in [7, 11) is 0. The zero-order valence-electron chi connectivity index (χ0n) is 13.8. The smallest absolute Gasteiger partial charge is 0.237 e. The summed E-state index contributed by atoms with van der Waals surface area (Å²) in [6.07, 6.45) is 0. The van der Waals surface area contributed by atoms with Crippen molar-refractivity contribution in [1.29, 1.82) is 0 Å². The number of benzene rings is 1. The van der Waals surface area contributed by atoms with Crippen LogP contribution in [0.4, 0.5) is 5.69 Å². The van der Waals surface area contributed by atoms with Gasteiger partial charge in [0.15, 0.2) is 5.82 Å². The second-order valence-corrected chi connectivity index (χ2v) is 8.45. The summed E-state index contributed by atoms with van der Waals surface area (Å²) in [4.78, 5) is 12.4. The molecule has 0 saturated heterocycles. The van der Waals surface area contributed by atoms with Gasteiger partial charge in [-0.1, -0.05) is 55.7 Å². The SMILES string of the molecule is C[C@@H](Sc1nnc(C(C)(C)C)n1N)C(=O)Nc1cc(Cl)ccc1Cl. The highest BCUT2D eigenvalue weighted by Gasteiger charge is 2.25. The molecule has 0 saturated carbocycles. The Hall–Kier alpha value is -1.44. The van der Waals surface area contributed by atoms with Gasteiger partial charge in [-0.05, 0) is 25.1 Å². The summed E-state index contributed by atoms with van der Waals surface area (Å²) in [5, 5.41) is 11.9. The van der Waals surface area contributed by atoms with Crippen molar-refractivity contribution in [2.75, 3.05) is 11.2 Å². The minimum absolute atomic E-state index is 0.232. The normalized spacial score (nSPS) is 12.9. The summed E-state index contributed by atoms with van der Waals surface area (Å²) in [5.74, 6) is 6.45. The molecular formula is C15H19Cl2N5OS. The summed E-state index contributed by atoms with van der Waals surface area (Å²) in [5.41, 5.74) is 0.228. The Morgan fingerprint density at radius 3 is 2.58 bits per heavy atom. The first-order valence-corrected chi connectivity index (χ1v) is 8.86. The number of hydrogen-bond donors (Lipinski definition) is 2. The second kappa shape index (κ2) is 7.21. The lowest BCUT2D eigenvalue weighted by molar-refractivity contribution is -0.115. The van der Waals surface area contributed by atoms with Gasteiger partial charge in [0.1, 0.15) is 0 Å². The highest BCUT2D eigenvalue weighted by atomic mass is 35.5. The maximum atomic E-state index is 12.4. The van der Waals surface area contributed by atoms with E-state index in [2.05, 4.69) is 15.5 Å². The predicted octanol–water partition coefficient (Wildman–Crippen LogP) is 3.72. The number of carbonyl (C=O) groups is 1. The van der Waals surface area contributed by atoms with Gasteiger partial charge in [-0.2, -0.15) is 0 Å². The molecule has 0 bridgehead atoms. The molecule has 130 valence electrons. The Labute approximate surface area is 155 Å². The van der Waals surface area contributed by atoms with Crippen LogP contribution in [-0.4, -0.2) is 26.0 Å². The molecule has 2 aromatic rings. The molecule has 1 aromatic carbocycles. The molecule has 6 nitrogen and oxygen atoms in total. The minimum Gasteiger partial charge on any atom is -0.336 e. The third-order valence-electron chi connectivity index (χ3n) is 3.17. The van der Waals surface area contributed by atoms with Crippen LogP contribution < -0.4 is 11.2 Å². The second-order valence-electron chi connectivity index (χ2n) is 6.30. The van der Waals surface area contributed by atoms with Crippen molar-refractivity contribution in [3.05, 3.63) is 34.1 Å². The zero-order chi connectivity index (χ0) is 18.1. The number of aromatic nitrogens is 3. The number of nitrogens with one attached hydrogen (secondary N) is 1. The molecule has 0 aliphatic rings. The van der Waals surface area contributed by atoms with E-state index in [1.54, 1.807) is 25.1 Å². The molecule has 24 heavy (non-hydrogen) atoms. The van der Waals surface area contributed by atoms with Crippen LogP contribution in [0.5, 0.6) is 0 Å². The van der Waals surface area contributed by atoms with Crippen LogP contribution in [-0.2, 0) is 10.2 Å². The Morgan fingerprint density at radius 1 is 1.33 bits per heavy atom. The molecule has 1 aromatic heterocycles. The summed E-state index contributed by atoms with van der Waals surface area (Å²) in [6, 6.07) is 4.88. The van der Waals surface area contributed by atoms with E-state index in [9.17, 15) is 4.79 Å². The van der Waals surface area contributed by atoms with E-state index >= 15 is 0 Å². The van der Waals surface area contributed by atoms with Gasteiger partial charge in [-0.15, -0.1) is 10.2 Å². The molecule has 0 fully saturated rings. The third kappa shape index (κ3) is 4.34. The van der Waals surface area contributed by atoms with Crippen molar-refractivity contribution in [3.8, 4) is 0 Å². The molecular weight excluding hydrogens is 369 g/mol. The molecule has 1 amide bonds. The van der Waals surface area contributed by atoms with Crippen LogP contribution in [0.1, 0.15) is 33.5 Å². The Balaban J connectivity index is 2.10. The van der Waals surface area contributed by atoms with E-state index in [4.69, 9.17) is 29.0 Å². The number of amides is 1. The lowest BCUT2D eigenvalue weighted by Gasteiger charge is -2.17. The van der Waals surface area contributed by atoms with Gasteiger partial charge < -0.3 is 11.2 Å². The van der Waals surface area contributed by atoms with Crippen molar-refractivity contribution < 1.29 is 4.79 Å². The number of rotatable bonds is 4. The van der Waals surface area contributed by atoms with Crippen molar-refractivity contribution in [2.45, 2.75) is 43.5 Å². The van der Waals surface area contributed by atoms with Gasteiger partial charge in [-0.3, -0.25) is 4.79 Å². The lowest BCUT2D eigenvalue weighted by atomic mass is 9.96. The van der Waals surface area contributed by atoms with Crippen molar-refractivity contribution in [2.24, 2.45) is 0 Å². The first-order valence-electron chi connectivity index (χ1n) is 7.23. The number of nitrogen functional groups attached to an aromatic ring is 1. The monoisotopic (exact) mass is 387 g/mol. The van der Waals surface area contributed by atoms with Crippen LogP contribution in [0.3, 0.4) is 0 Å². The van der Waals surface area contributed by atoms with Gasteiger partial charge in [0.2, 0.25) is 11.1 Å².